The van der Waals surface area contributed by atoms with E-state index in [0.29, 0.717) is 6.61 Å². The molecule has 0 aliphatic heterocycles. The van der Waals surface area contributed by atoms with E-state index in [9.17, 15) is 4.79 Å². The number of primary amides is 1. The van der Waals surface area contributed by atoms with Crippen molar-refractivity contribution in [1.82, 2.24) is 14.1 Å². The van der Waals surface area contributed by atoms with Gasteiger partial charge in [0.2, 0.25) is 0 Å². The number of carbonyl (C=O) groups is 1. The van der Waals surface area contributed by atoms with E-state index in [1.165, 1.54) is 10.9 Å². The zero-order valence-corrected chi connectivity index (χ0v) is 25.9. The molecule has 0 unspecified atom stereocenters. The molecule has 214 valence electrons. The van der Waals surface area contributed by atoms with Gasteiger partial charge in [-0.15, -0.1) is 0 Å². The number of rotatable bonds is 13. The molecular weight excluding hydrogens is 540 g/mol. The summed E-state index contributed by atoms with van der Waals surface area (Å²) in [7, 11) is -2.07. The van der Waals surface area contributed by atoms with Crippen molar-refractivity contribution in [3.8, 4) is 5.75 Å². The molecule has 9 heteroatoms. The van der Waals surface area contributed by atoms with E-state index in [4.69, 9.17) is 26.5 Å². The van der Waals surface area contributed by atoms with Crippen LogP contribution >= 0.6 is 11.6 Å². The minimum Gasteiger partial charge on any atom is -0.494 e. The number of aromatic nitrogens is 3. The summed E-state index contributed by atoms with van der Waals surface area (Å²) in [5.41, 5.74) is 8.12. The third kappa shape index (κ3) is 7.56. The first-order valence-corrected chi connectivity index (χ1v) is 17.2. The van der Waals surface area contributed by atoms with Crippen LogP contribution in [-0.4, -0.2) is 34.9 Å². The van der Waals surface area contributed by atoms with E-state index in [-0.39, 0.29) is 17.0 Å². The van der Waals surface area contributed by atoms with Crippen LogP contribution in [0.4, 0.5) is 0 Å². The highest BCUT2D eigenvalue weighted by atomic mass is 35.5. The number of hydrogen-bond donors (Lipinski definition) is 1. The summed E-state index contributed by atoms with van der Waals surface area (Å²) in [6, 6.07) is 16.4. The van der Waals surface area contributed by atoms with E-state index >= 15 is 0 Å². The summed E-state index contributed by atoms with van der Waals surface area (Å²) in [5, 5.41) is 2.00. The average molecular weight is 581 g/mol. The van der Waals surface area contributed by atoms with Gasteiger partial charge in [0.05, 0.1) is 18.5 Å². The van der Waals surface area contributed by atoms with E-state index in [1.807, 2.05) is 22.8 Å². The van der Waals surface area contributed by atoms with Crippen LogP contribution in [0, 0.1) is 0 Å². The first-order chi connectivity index (χ1) is 18.9. The summed E-state index contributed by atoms with van der Waals surface area (Å²) in [4.78, 5) is 15.8. The van der Waals surface area contributed by atoms with Crippen molar-refractivity contribution in [2.24, 2.45) is 5.73 Å². The molecule has 1 amide bonds. The molecule has 0 aliphatic rings. The molecule has 7 nitrogen and oxygen atoms in total. The van der Waals surface area contributed by atoms with Crippen molar-refractivity contribution in [3.63, 3.8) is 0 Å². The van der Waals surface area contributed by atoms with Crippen LogP contribution in [0.15, 0.2) is 67.3 Å². The van der Waals surface area contributed by atoms with Crippen molar-refractivity contribution < 1.29 is 14.0 Å². The average Bonchev–Trinajstić information content (AvgIpc) is 3.54. The second-order valence-corrected chi connectivity index (χ2v) is 17.0. The van der Waals surface area contributed by atoms with E-state index in [1.54, 1.807) is 12.5 Å². The number of amides is 1. The van der Waals surface area contributed by atoms with Gasteiger partial charge in [0.25, 0.3) is 5.91 Å². The molecule has 0 radical (unpaired) electrons. The minimum absolute atomic E-state index is 0.0558. The van der Waals surface area contributed by atoms with Gasteiger partial charge < -0.3 is 24.0 Å². The molecule has 1 atom stereocenters. The Morgan fingerprint density at radius 2 is 1.85 bits per heavy atom. The lowest BCUT2D eigenvalue weighted by atomic mass is 10.1. The second-order valence-electron chi connectivity index (χ2n) is 11.9. The fraction of sp³-hybridized carbons (Fsp3) is 0.419. The molecule has 0 saturated heterocycles. The summed E-state index contributed by atoms with van der Waals surface area (Å²) in [6.45, 7) is 12.6. The first kappa shape index (κ1) is 29.9. The molecule has 0 fully saturated rings. The van der Waals surface area contributed by atoms with Gasteiger partial charge in [0.15, 0.2) is 8.32 Å². The maximum Gasteiger partial charge on any atom is 0.268 e. The van der Waals surface area contributed by atoms with Gasteiger partial charge in [-0.1, -0.05) is 44.5 Å². The third-order valence-corrected chi connectivity index (χ3v) is 12.5. The molecule has 40 heavy (non-hydrogen) atoms. The van der Waals surface area contributed by atoms with Crippen LogP contribution in [0.3, 0.4) is 0 Å². The van der Waals surface area contributed by atoms with Gasteiger partial charge in [-0.3, -0.25) is 4.79 Å². The van der Waals surface area contributed by atoms with Crippen molar-refractivity contribution >= 4 is 36.7 Å². The SMILES string of the molecule is CC(C)(C)[Si](C)(C)O[C@H](CCCn1ccc2ccc(OCCCc3ccc(Cl)cc3)cc21)n1cnc(C(N)=O)c1. The number of fused-ring (bicyclic) bond motifs is 1. The molecule has 2 aromatic heterocycles. The number of halogens is 1. The maximum atomic E-state index is 11.7. The Labute approximate surface area is 243 Å². The highest BCUT2D eigenvalue weighted by molar-refractivity contribution is 6.74. The first-order valence-electron chi connectivity index (χ1n) is 13.9. The van der Waals surface area contributed by atoms with Crippen molar-refractivity contribution in [2.75, 3.05) is 6.61 Å². The topological polar surface area (TPSA) is 84.3 Å². The van der Waals surface area contributed by atoms with Crippen LogP contribution in [-0.2, 0) is 17.4 Å². The monoisotopic (exact) mass is 580 g/mol. The molecule has 4 rings (SSSR count). The largest absolute Gasteiger partial charge is 0.494 e. The Kier molecular flexibility index (Phi) is 9.43. The van der Waals surface area contributed by atoms with Gasteiger partial charge in [-0.2, -0.15) is 0 Å². The Bertz CT molecular complexity index is 1420. The lowest BCUT2D eigenvalue weighted by Crippen LogP contribution is -2.42. The van der Waals surface area contributed by atoms with Crippen molar-refractivity contribution in [2.45, 2.75) is 77.4 Å². The van der Waals surface area contributed by atoms with Crippen molar-refractivity contribution in [3.05, 3.63) is 83.5 Å². The summed E-state index contributed by atoms with van der Waals surface area (Å²) >= 11 is 5.98. The number of nitrogens with two attached hydrogens (primary N) is 1. The molecule has 0 spiro atoms. The number of benzene rings is 2. The van der Waals surface area contributed by atoms with Gasteiger partial charge >= 0.3 is 0 Å². The summed E-state index contributed by atoms with van der Waals surface area (Å²) in [5.74, 6) is 0.340. The Balaban J connectivity index is 1.39. The third-order valence-electron chi connectivity index (χ3n) is 7.81. The van der Waals surface area contributed by atoms with Crippen LogP contribution in [0.1, 0.15) is 62.3 Å². The number of aryl methyl sites for hydroxylation is 2. The predicted octanol–water partition coefficient (Wildman–Crippen LogP) is 7.60. The molecular formula is C31H41ClN4O3Si. The summed E-state index contributed by atoms with van der Waals surface area (Å²) in [6.07, 6.45) is 8.81. The number of ether oxygens (including phenoxy) is 1. The number of hydrogen-bond acceptors (Lipinski definition) is 4. The van der Waals surface area contributed by atoms with Gasteiger partial charge in [0.1, 0.15) is 17.7 Å². The molecule has 0 saturated carbocycles. The van der Waals surface area contributed by atoms with Crippen LogP contribution < -0.4 is 10.5 Å². The Hall–Kier alpha value is -3.07. The molecule has 0 aliphatic carbocycles. The van der Waals surface area contributed by atoms with Gasteiger partial charge in [0, 0.05) is 30.0 Å². The number of carbonyl (C=O) groups excluding carboxylic acids is 1. The zero-order chi connectivity index (χ0) is 28.9. The van der Waals surface area contributed by atoms with E-state index < -0.39 is 14.2 Å². The number of nitrogens with zero attached hydrogens (tertiary/aromatic N) is 3. The maximum absolute atomic E-state index is 11.7. The Morgan fingerprint density at radius 1 is 1.10 bits per heavy atom. The van der Waals surface area contributed by atoms with Crippen molar-refractivity contribution in [1.29, 1.82) is 0 Å². The second kappa shape index (κ2) is 12.6. The Morgan fingerprint density at radius 3 is 2.52 bits per heavy atom. The van der Waals surface area contributed by atoms with Gasteiger partial charge in [-0.25, -0.2) is 4.98 Å². The zero-order valence-electron chi connectivity index (χ0n) is 24.2. The lowest BCUT2D eigenvalue weighted by Gasteiger charge is -2.39. The normalized spacial score (nSPS) is 13.1. The molecule has 2 N–H and O–H groups in total. The standard InChI is InChI=1S/C31H41ClN4O3Si/c1-31(2,3)40(4,5)39-29(36-21-27(30(33)37)34-22-36)9-6-17-35-18-16-24-12-15-26(20-28(24)35)38-19-7-8-23-10-13-25(32)14-11-23/h10-16,18,20-22,29H,6-9,17,19H2,1-5H3,(H2,33,37)/t29-/m1/s1. The predicted molar refractivity (Wildman–Crippen MR) is 165 cm³/mol. The van der Waals surface area contributed by atoms with E-state index in [2.05, 4.69) is 79.9 Å². The quantitative estimate of drug-likeness (QED) is 0.130. The molecule has 4 aromatic rings. The molecule has 2 aromatic carbocycles. The van der Waals surface area contributed by atoms with Gasteiger partial charge in [-0.05, 0) is 85.1 Å². The van der Waals surface area contributed by atoms with E-state index in [0.717, 1.165) is 48.5 Å². The highest BCUT2D eigenvalue weighted by Gasteiger charge is 2.39. The molecule has 2 heterocycles. The highest BCUT2D eigenvalue weighted by Crippen LogP contribution is 2.39. The fourth-order valence-electron chi connectivity index (χ4n) is 4.41. The van der Waals surface area contributed by atoms with Crippen LogP contribution in [0.5, 0.6) is 5.75 Å². The lowest BCUT2D eigenvalue weighted by molar-refractivity contribution is 0.0984. The minimum atomic E-state index is -2.07. The smallest absolute Gasteiger partial charge is 0.268 e. The molecule has 0 bridgehead atoms. The van der Waals surface area contributed by atoms with Crippen LogP contribution in [0.2, 0.25) is 23.2 Å². The van der Waals surface area contributed by atoms with Crippen LogP contribution in [0.25, 0.3) is 10.9 Å². The fourth-order valence-corrected chi connectivity index (χ4v) is 5.81. The summed E-state index contributed by atoms with van der Waals surface area (Å²) < 4.78 is 17.0. The number of imidazole rings is 1.